The van der Waals surface area contributed by atoms with Gasteiger partial charge < -0.3 is 20.9 Å². The van der Waals surface area contributed by atoms with Crippen molar-refractivity contribution >= 4 is 29.3 Å². The number of carbonyl (C=O) groups is 1. The predicted octanol–water partition coefficient (Wildman–Crippen LogP) is 1.39. The zero-order valence-electron chi connectivity index (χ0n) is 15.3. The smallest absolute Gasteiger partial charge is 0.239 e. The monoisotopic (exact) mass is 366 g/mol. The number of hydrogen-bond donors (Lipinski definition) is 3. The van der Waals surface area contributed by atoms with Crippen LogP contribution in [-0.4, -0.2) is 55.1 Å². The maximum atomic E-state index is 11.9. The number of nitrogens with one attached hydrogen (secondary N) is 3. The van der Waals surface area contributed by atoms with E-state index in [1.54, 1.807) is 13.2 Å². The maximum absolute atomic E-state index is 11.9. The molecule has 8 heteroatoms. The predicted molar refractivity (Wildman–Crippen MR) is 102 cm³/mol. The van der Waals surface area contributed by atoms with Gasteiger partial charge in [-0.3, -0.25) is 9.79 Å². The summed E-state index contributed by atoms with van der Waals surface area (Å²) >= 11 is 6.22. The van der Waals surface area contributed by atoms with E-state index in [-0.39, 0.29) is 24.0 Å². The zero-order valence-corrected chi connectivity index (χ0v) is 16.0. The third kappa shape index (κ3) is 6.08. The molecule has 7 nitrogen and oxygen atoms in total. The van der Waals surface area contributed by atoms with E-state index in [4.69, 9.17) is 11.6 Å². The minimum atomic E-state index is -0.246. The molecular weight excluding hydrogens is 340 g/mol. The lowest BCUT2D eigenvalue weighted by Gasteiger charge is -2.22. The van der Waals surface area contributed by atoms with E-state index in [1.807, 2.05) is 32.9 Å². The molecule has 1 fully saturated rings. The normalized spacial score (nSPS) is 18.2. The second-order valence-corrected chi connectivity index (χ2v) is 7.52. The van der Waals surface area contributed by atoms with Gasteiger partial charge in [-0.2, -0.15) is 0 Å². The largest absolute Gasteiger partial charge is 0.353 e. The molecule has 0 spiro atoms. The lowest BCUT2D eigenvalue weighted by Crippen LogP contribution is -2.50. The first-order valence-corrected chi connectivity index (χ1v) is 8.80. The van der Waals surface area contributed by atoms with Gasteiger partial charge in [0.05, 0.1) is 11.6 Å². The molecule has 25 heavy (non-hydrogen) atoms. The summed E-state index contributed by atoms with van der Waals surface area (Å²) in [5.41, 5.74) is -0.246. The summed E-state index contributed by atoms with van der Waals surface area (Å²) in [5.74, 6) is 1.35. The van der Waals surface area contributed by atoms with Gasteiger partial charge in [-0.05, 0) is 39.3 Å². The molecule has 1 unspecified atom stereocenters. The number of pyridine rings is 1. The number of amides is 1. The van der Waals surface area contributed by atoms with Crippen LogP contribution in [0.1, 0.15) is 27.2 Å². The first kappa shape index (κ1) is 19.3. The highest BCUT2D eigenvalue weighted by molar-refractivity contribution is 6.32. The fourth-order valence-electron chi connectivity index (χ4n) is 2.69. The summed E-state index contributed by atoms with van der Waals surface area (Å²) in [6.07, 6.45) is 2.69. The molecule has 1 saturated heterocycles. The van der Waals surface area contributed by atoms with E-state index in [1.165, 1.54) is 0 Å². The van der Waals surface area contributed by atoms with Crippen molar-refractivity contribution in [3.63, 3.8) is 0 Å². The fourth-order valence-corrected chi connectivity index (χ4v) is 2.94. The summed E-state index contributed by atoms with van der Waals surface area (Å²) in [4.78, 5) is 22.6. The molecule has 1 aromatic rings. The Morgan fingerprint density at radius 1 is 1.48 bits per heavy atom. The SMILES string of the molecule is CN=C(NCC(=O)NC(C)(C)C)NC1CCN(c2ncccc2Cl)C1. The molecule has 0 aliphatic carbocycles. The molecule has 0 saturated carbocycles. The number of guanidine groups is 1. The molecule has 2 heterocycles. The van der Waals surface area contributed by atoms with E-state index in [0.717, 1.165) is 25.3 Å². The molecule has 138 valence electrons. The lowest BCUT2D eigenvalue weighted by molar-refractivity contribution is -0.121. The quantitative estimate of drug-likeness (QED) is 0.554. The number of carbonyl (C=O) groups excluding carboxylic acids is 1. The van der Waals surface area contributed by atoms with Gasteiger partial charge >= 0.3 is 0 Å². The van der Waals surface area contributed by atoms with Crippen LogP contribution in [0, 0.1) is 0 Å². The number of nitrogens with zero attached hydrogens (tertiary/aromatic N) is 3. The Labute approximate surface area is 154 Å². The second-order valence-electron chi connectivity index (χ2n) is 7.11. The molecule has 1 aromatic heterocycles. The van der Waals surface area contributed by atoms with Crippen molar-refractivity contribution in [2.75, 3.05) is 31.6 Å². The first-order valence-electron chi connectivity index (χ1n) is 8.42. The molecule has 3 N–H and O–H groups in total. The van der Waals surface area contributed by atoms with E-state index in [0.29, 0.717) is 11.0 Å². The van der Waals surface area contributed by atoms with Crippen molar-refractivity contribution in [3.8, 4) is 0 Å². The van der Waals surface area contributed by atoms with Crippen LogP contribution in [-0.2, 0) is 4.79 Å². The molecule has 0 bridgehead atoms. The molecule has 1 aliphatic heterocycles. The van der Waals surface area contributed by atoms with Crippen molar-refractivity contribution in [2.24, 2.45) is 4.99 Å². The standard InChI is InChI=1S/C17H27ClN6O/c1-17(2,3)23-14(25)10-21-16(19-4)22-12-7-9-24(11-12)15-13(18)6-5-8-20-15/h5-6,8,12H,7,9-11H2,1-4H3,(H,23,25)(H2,19,21,22). The van der Waals surface area contributed by atoms with Crippen LogP contribution in [0.4, 0.5) is 5.82 Å². The maximum Gasteiger partial charge on any atom is 0.239 e. The topological polar surface area (TPSA) is 81.6 Å². The Morgan fingerprint density at radius 2 is 2.24 bits per heavy atom. The highest BCUT2D eigenvalue weighted by Crippen LogP contribution is 2.25. The number of rotatable bonds is 4. The third-order valence-electron chi connectivity index (χ3n) is 3.72. The fraction of sp³-hybridized carbons (Fsp3) is 0.588. The average molecular weight is 367 g/mol. The van der Waals surface area contributed by atoms with Crippen molar-refractivity contribution in [1.29, 1.82) is 0 Å². The van der Waals surface area contributed by atoms with E-state index in [2.05, 4.69) is 30.8 Å². The highest BCUT2D eigenvalue weighted by atomic mass is 35.5. The number of halogens is 1. The van der Waals surface area contributed by atoms with Gasteiger partial charge in [0.25, 0.3) is 0 Å². The van der Waals surface area contributed by atoms with Crippen molar-refractivity contribution in [3.05, 3.63) is 23.4 Å². The van der Waals surface area contributed by atoms with E-state index >= 15 is 0 Å². The average Bonchev–Trinajstić information content (AvgIpc) is 2.98. The molecule has 0 radical (unpaired) electrons. The lowest BCUT2D eigenvalue weighted by atomic mass is 10.1. The van der Waals surface area contributed by atoms with Crippen LogP contribution >= 0.6 is 11.6 Å². The number of anilines is 1. The first-order chi connectivity index (χ1) is 11.8. The van der Waals surface area contributed by atoms with Gasteiger partial charge in [-0.25, -0.2) is 4.98 Å². The number of aromatic nitrogens is 1. The van der Waals surface area contributed by atoms with Gasteiger partial charge in [0.2, 0.25) is 5.91 Å². The highest BCUT2D eigenvalue weighted by Gasteiger charge is 2.25. The molecule has 0 aromatic carbocycles. The van der Waals surface area contributed by atoms with E-state index < -0.39 is 0 Å². The van der Waals surface area contributed by atoms with Crippen LogP contribution in [0.5, 0.6) is 0 Å². The third-order valence-corrected chi connectivity index (χ3v) is 4.02. The van der Waals surface area contributed by atoms with Gasteiger partial charge in [-0.1, -0.05) is 11.6 Å². The van der Waals surface area contributed by atoms with Crippen LogP contribution in [0.15, 0.2) is 23.3 Å². The second kappa shape index (κ2) is 8.38. The minimum Gasteiger partial charge on any atom is -0.353 e. The summed E-state index contributed by atoms with van der Waals surface area (Å²) in [5, 5.41) is 9.97. The summed E-state index contributed by atoms with van der Waals surface area (Å²) in [6.45, 7) is 7.69. The number of aliphatic imine (C=N–C) groups is 1. The Bertz CT molecular complexity index is 628. The Hall–Kier alpha value is -2.02. The van der Waals surface area contributed by atoms with Gasteiger partial charge in [0.15, 0.2) is 5.96 Å². The van der Waals surface area contributed by atoms with Crippen LogP contribution < -0.4 is 20.9 Å². The molecule has 1 atom stereocenters. The zero-order chi connectivity index (χ0) is 18.4. The summed E-state index contributed by atoms with van der Waals surface area (Å²) < 4.78 is 0. The molecule has 1 aliphatic rings. The van der Waals surface area contributed by atoms with Crippen LogP contribution in [0.25, 0.3) is 0 Å². The molecule has 1 amide bonds. The molecular formula is C17H27ClN6O. The Morgan fingerprint density at radius 3 is 2.88 bits per heavy atom. The van der Waals surface area contributed by atoms with Gasteiger partial charge in [-0.15, -0.1) is 0 Å². The Balaban J connectivity index is 1.83. The summed E-state index contributed by atoms with van der Waals surface area (Å²) in [6, 6.07) is 3.89. The Kier molecular flexibility index (Phi) is 6.47. The summed E-state index contributed by atoms with van der Waals surface area (Å²) in [7, 11) is 1.69. The van der Waals surface area contributed by atoms with Crippen molar-refractivity contribution < 1.29 is 4.79 Å². The van der Waals surface area contributed by atoms with Crippen molar-refractivity contribution in [2.45, 2.75) is 38.8 Å². The van der Waals surface area contributed by atoms with E-state index in [9.17, 15) is 4.79 Å². The van der Waals surface area contributed by atoms with Crippen LogP contribution in [0.3, 0.4) is 0 Å². The van der Waals surface area contributed by atoms with Gasteiger partial charge in [0.1, 0.15) is 5.82 Å². The molecule has 2 rings (SSSR count). The van der Waals surface area contributed by atoms with Gasteiger partial charge in [0, 0.05) is 37.9 Å². The van der Waals surface area contributed by atoms with Crippen LogP contribution in [0.2, 0.25) is 5.02 Å². The minimum absolute atomic E-state index is 0.0660. The van der Waals surface area contributed by atoms with Crippen molar-refractivity contribution in [1.82, 2.24) is 20.9 Å². The number of hydrogen-bond acceptors (Lipinski definition) is 4.